The Morgan fingerprint density at radius 2 is 2.00 bits per heavy atom. The summed E-state index contributed by atoms with van der Waals surface area (Å²) in [6.45, 7) is 2.52. The molecule has 4 heteroatoms. The van der Waals surface area contributed by atoms with Gasteiger partial charge in [-0.15, -0.1) is 0 Å². The van der Waals surface area contributed by atoms with Crippen LogP contribution in [-0.2, 0) is 13.0 Å². The Bertz CT molecular complexity index is 523. The molecule has 0 bridgehead atoms. The Labute approximate surface area is 107 Å². The van der Waals surface area contributed by atoms with Crippen molar-refractivity contribution in [2.45, 2.75) is 19.9 Å². The van der Waals surface area contributed by atoms with Gasteiger partial charge in [-0.25, -0.2) is 0 Å². The van der Waals surface area contributed by atoms with Gasteiger partial charge in [0.25, 0.3) is 0 Å². The summed E-state index contributed by atoms with van der Waals surface area (Å²) in [5.74, 6) is 0.807. The van der Waals surface area contributed by atoms with Crippen molar-refractivity contribution in [2.24, 2.45) is 5.73 Å². The molecule has 1 heterocycles. The highest BCUT2D eigenvalue weighted by molar-refractivity contribution is 5.67. The van der Waals surface area contributed by atoms with Crippen molar-refractivity contribution in [3.63, 3.8) is 0 Å². The van der Waals surface area contributed by atoms with Gasteiger partial charge in [-0.05, 0) is 36.2 Å². The second-order valence-electron chi connectivity index (χ2n) is 4.00. The summed E-state index contributed by atoms with van der Waals surface area (Å²) < 4.78 is 5.36. The van der Waals surface area contributed by atoms with Crippen LogP contribution < -0.4 is 10.5 Å². The van der Waals surface area contributed by atoms with Crippen LogP contribution in [0.2, 0.25) is 0 Å². The zero-order valence-corrected chi connectivity index (χ0v) is 10.7. The normalized spacial score (nSPS) is 10.4. The Kier molecular flexibility index (Phi) is 3.89. The fraction of sp³-hybridized carbons (Fsp3) is 0.286. The van der Waals surface area contributed by atoms with Crippen LogP contribution in [0.1, 0.15) is 18.2 Å². The molecule has 2 N–H and O–H groups in total. The average Bonchev–Trinajstić information content (AvgIpc) is 2.46. The van der Waals surface area contributed by atoms with E-state index in [1.165, 1.54) is 5.56 Å². The van der Waals surface area contributed by atoms with Gasteiger partial charge >= 0.3 is 0 Å². The lowest BCUT2D eigenvalue weighted by atomic mass is 10.0. The molecule has 94 valence electrons. The molecule has 0 spiro atoms. The predicted molar refractivity (Wildman–Crippen MR) is 71.3 cm³/mol. The highest BCUT2D eigenvalue weighted by Crippen LogP contribution is 2.29. The molecule has 0 aliphatic carbocycles. The molecule has 2 aromatic rings. The number of rotatable bonds is 4. The minimum atomic E-state index is 0.402. The van der Waals surface area contributed by atoms with Crippen LogP contribution in [-0.4, -0.2) is 17.3 Å². The van der Waals surface area contributed by atoms with Crippen molar-refractivity contribution < 1.29 is 4.74 Å². The summed E-state index contributed by atoms with van der Waals surface area (Å²) >= 11 is 0. The van der Waals surface area contributed by atoms with E-state index in [0.717, 1.165) is 29.1 Å². The largest absolute Gasteiger partial charge is 0.496 e. The molecule has 1 aromatic heterocycles. The number of hydrogen-bond acceptors (Lipinski definition) is 4. The van der Waals surface area contributed by atoms with Crippen molar-refractivity contribution >= 4 is 0 Å². The van der Waals surface area contributed by atoms with E-state index < -0.39 is 0 Å². The molecule has 1 aromatic carbocycles. The van der Waals surface area contributed by atoms with Crippen molar-refractivity contribution in [2.75, 3.05) is 7.11 Å². The van der Waals surface area contributed by atoms with Crippen LogP contribution in [0, 0.1) is 0 Å². The van der Waals surface area contributed by atoms with Crippen LogP contribution in [0.15, 0.2) is 30.3 Å². The van der Waals surface area contributed by atoms with Crippen LogP contribution >= 0.6 is 0 Å². The lowest BCUT2D eigenvalue weighted by Crippen LogP contribution is -2.01. The first kappa shape index (κ1) is 12.5. The first-order chi connectivity index (χ1) is 8.78. The lowest BCUT2D eigenvalue weighted by molar-refractivity contribution is 0.416. The number of methoxy groups -OCH3 is 1. The SMILES string of the molecule is CCc1ccc(OC)c(-c2ccc(CN)nn2)c1. The molecule has 0 fully saturated rings. The van der Waals surface area contributed by atoms with Gasteiger partial charge < -0.3 is 10.5 Å². The van der Waals surface area contributed by atoms with Crippen molar-refractivity contribution in [3.8, 4) is 17.0 Å². The summed E-state index contributed by atoms with van der Waals surface area (Å²) in [4.78, 5) is 0. The molecule has 0 radical (unpaired) electrons. The monoisotopic (exact) mass is 243 g/mol. The van der Waals surface area contributed by atoms with Gasteiger partial charge in [0, 0.05) is 12.1 Å². The quantitative estimate of drug-likeness (QED) is 0.894. The smallest absolute Gasteiger partial charge is 0.128 e. The van der Waals surface area contributed by atoms with E-state index in [1.54, 1.807) is 7.11 Å². The minimum absolute atomic E-state index is 0.402. The Morgan fingerprint density at radius 1 is 1.17 bits per heavy atom. The summed E-state index contributed by atoms with van der Waals surface area (Å²) in [6.07, 6.45) is 0.977. The fourth-order valence-electron chi connectivity index (χ4n) is 1.79. The highest BCUT2D eigenvalue weighted by Gasteiger charge is 2.08. The molecule has 0 aliphatic rings. The molecule has 0 saturated heterocycles. The van der Waals surface area contributed by atoms with Crippen LogP contribution in [0.5, 0.6) is 5.75 Å². The van der Waals surface area contributed by atoms with Gasteiger partial charge in [-0.2, -0.15) is 10.2 Å². The van der Waals surface area contributed by atoms with Crippen LogP contribution in [0.25, 0.3) is 11.3 Å². The number of nitrogens with zero attached hydrogens (tertiary/aromatic N) is 2. The van der Waals surface area contributed by atoms with Crippen LogP contribution in [0.4, 0.5) is 0 Å². The third-order valence-electron chi connectivity index (χ3n) is 2.88. The van der Waals surface area contributed by atoms with Gasteiger partial charge in [0.2, 0.25) is 0 Å². The lowest BCUT2D eigenvalue weighted by Gasteiger charge is -2.09. The van der Waals surface area contributed by atoms with Gasteiger partial charge in [-0.1, -0.05) is 13.0 Å². The van der Waals surface area contributed by atoms with Crippen molar-refractivity contribution in [3.05, 3.63) is 41.6 Å². The van der Waals surface area contributed by atoms with Gasteiger partial charge in [0.1, 0.15) is 5.75 Å². The predicted octanol–water partition coefficient (Wildman–Crippen LogP) is 2.17. The molecule has 0 amide bonds. The number of ether oxygens (including phenoxy) is 1. The zero-order chi connectivity index (χ0) is 13.0. The van der Waals surface area contributed by atoms with E-state index in [0.29, 0.717) is 6.54 Å². The molecule has 0 aliphatic heterocycles. The van der Waals surface area contributed by atoms with E-state index in [-0.39, 0.29) is 0 Å². The first-order valence-electron chi connectivity index (χ1n) is 5.98. The zero-order valence-electron chi connectivity index (χ0n) is 10.7. The molecule has 18 heavy (non-hydrogen) atoms. The highest BCUT2D eigenvalue weighted by atomic mass is 16.5. The molecule has 0 unspecified atom stereocenters. The summed E-state index contributed by atoms with van der Waals surface area (Å²) in [6, 6.07) is 9.93. The van der Waals surface area contributed by atoms with E-state index in [1.807, 2.05) is 18.2 Å². The molecular formula is C14H17N3O. The second kappa shape index (κ2) is 5.60. The fourth-order valence-corrected chi connectivity index (χ4v) is 1.79. The number of aromatic nitrogens is 2. The van der Waals surface area contributed by atoms with Gasteiger partial charge in [0.15, 0.2) is 0 Å². The first-order valence-corrected chi connectivity index (χ1v) is 5.98. The van der Waals surface area contributed by atoms with Crippen molar-refractivity contribution in [1.82, 2.24) is 10.2 Å². The summed E-state index contributed by atoms with van der Waals surface area (Å²) in [5.41, 5.74) is 9.31. The molecule has 0 saturated carbocycles. The Morgan fingerprint density at radius 3 is 2.56 bits per heavy atom. The van der Waals surface area contributed by atoms with E-state index in [2.05, 4.69) is 29.3 Å². The summed E-state index contributed by atoms with van der Waals surface area (Å²) in [5, 5.41) is 8.27. The molecular weight excluding hydrogens is 226 g/mol. The maximum absolute atomic E-state index is 5.51. The number of hydrogen-bond donors (Lipinski definition) is 1. The maximum atomic E-state index is 5.51. The molecule has 0 atom stereocenters. The Hall–Kier alpha value is -1.94. The average molecular weight is 243 g/mol. The molecule has 4 nitrogen and oxygen atoms in total. The second-order valence-corrected chi connectivity index (χ2v) is 4.00. The van der Waals surface area contributed by atoms with Crippen LogP contribution in [0.3, 0.4) is 0 Å². The topological polar surface area (TPSA) is 61.0 Å². The van der Waals surface area contributed by atoms with Gasteiger partial charge in [-0.3, -0.25) is 0 Å². The minimum Gasteiger partial charge on any atom is -0.496 e. The third kappa shape index (κ3) is 2.49. The summed E-state index contributed by atoms with van der Waals surface area (Å²) in [7, 11) is 1.66. The number of nitrogens with two attached hydrogens (primary N) is 1. The standard InChI is InChI=1S/C14H17N3O/c1-3-10-4-7-14(18-2)12(8-10)13-6-5-11(9-15)16-17-13/h4-8H,3,9,15H2,1-2H3. The maximum Gasteiger partial charge on any atom is 0.128 e. The third-order valence-corrected chi connectivity index (χ3v) is 2.88. The van der Waals surface area contributed by atoms with Gasteiger partial charge in [0.05, 0.1) is 18.5 Å². The van der Waals surface area contributed by atoms with E-state index in [4.69, 9.17) is 10.5 Å². The Balaban J connectivity index is 2.46. The number of benzene rings is 1. The van der Waals surface area contributed by atoms with E-state index >= 15 is 0 Å². The van der Waals surface area contributed by atoms with E-state index in [9.17, 15) is 0 Å². The number of aryl methyl sites for hydroxylation is 1. The molecule has 2 rings (SSSR count). The van der Waals surface area contributed by atoms with Crippen molar-refractivity contribution in [1.29, 1.82) is 0 Å².